The predicted octanol–water partition coefficient (Wildman–Crippen LogP) is 2.45. The Morgan fingerprint density at radius 1 is 1.15 bits per heavy atom. The molecule has 3 amide bonds. The lowest BCUT2D eigenvalue weighted by molar-refractivity contribution is -0.132. The molecule has 0 aliphatic carbocycles. The number of amidine groups is 1. The van der Waals surface area contributed by atoms with Gasteiger partial charge < -0.3 is 20.1 Å². The standard InChI is InChI=1S/C26H31Cl2N5O7S/c1-17-20(27)8-9-21(24(17)28)41(38,39)32(12-13-40-3)16-22(34)30-14-23(35)31(2)15-18-4-6-19(7-5-18)25-29-10-11-33(25)26(36)37/h4-9H,10-16H2,1-3H3,(H,30,34)(H,36,37). The van der Waals surface area contributed by atoms with Crippen molar-refractivity contribution in [3.05, 3.63) is 63.1 Å². The van der Waals surface area contributed by atoms with E-state index in [9.17, 15) is 27.9 Å². The monoisotopic (exact) mass is 627 g/mol. The first-order chi connectivity index (χ1) is 19.4. The Labute approximate surface area is 248 Å². The molecule has 3 rings (SSSR count). The Kier molecular flexibility index (Phi) is 11.1. The number of benzene rings is 2. The van der Waals surface area contributed by atoms with Crippen molar-refractivity contribution in [2.45, 2.75) is 18.4 Å². The number of hydrogen-bond acceptors (Lipinski definition) is 7. The molecule has 0 unspecified atom stereocenters. The summed E-state index contributed by atoms with van der Waals surface area (Å²) in [5.74, 6) is -0.702. The molecule has 2 aromatic carbocycles. The maximum absolute atomic E-state index is 13.3. The molecule has 2 N–H and O–H groups in total. The fourth-order valence-electron chi connectivity index (χ4n) is 3.98. The Morgan fingerprint density at radius 2 is 1.83 bits per heavy atom. The van der Waals surface area contributed by atoms with Crippen LogP contribution in [0.2, 0.25) is 10.0 Å². The Hall–Kier alpha value is -3.23. The first-order valence-corrected chi connectivity index (χ1v) is 14.6. The highest BCUT2D eigenvalue weighted by Gasteiger charge is 2.30. The van der Waals surface area contributed by atoms with E-state index >= 15 is 0 Å². The van der Waals surface area contributed by atoms with E-state index in [-0.39, 0.29) is 36.2 Å². The van der Waals surface area contributed by atoms with Crippen LogP contribution in [0.1, 0.15) is 16.7 Å². The van der Waals surface area contributed by atoms with Gasteiger partial charge in [-0.1, -0.05) is 47.5 Å². The number of amides is 3. The summed E-state index contributed by atoms with van der Waals surface area (Å²) in [7, 11) is -1.22. The molecule has 1 aliphatic rings. The molecule has 0 saturated heterocycles. The fraction of sp³-hybridized carbons (Fsp3) is 0.385. The van der Waals surface area contributed by atoms with Crippen LogP contribution in [0.4, 0.5) is 4.79 Å². The molecule has 0 saturated carbocycles. The lowest BCUT2D eigenvalue weighted by Crippen LogP contribution is -2.45. The van der Waals surface area contributed by atoms with E-state index in [1.165, 1.54) is 29.0 Å². The summed E-state index contributed by atoms with van der Waals surface area (Å²) in [4.78, 5) is 43.4. The number of likely N-dealkylation sites (N-methyl/N-ethyl adjacent to an activating group) is 1. The number of ether oxygens (including phenoxy) is 1. The molecule has 1 aliphatic heterocycles. The summed E-state index contributed by atoms with van der Waals surface area (Å²) in [6, 6.07) is 9.69. The van der Waals surface area contributed by atoms with Gasteiger partial charge in [-0.3, -0.25) is 19.5 Å². The van der Waals surface area contributed by atoms with Crippen molar-refractivity contribution in [3.63, 3.8) is 0 Å². The number of halogens is 2. The molecule has 41 heavy (non-hydrogen) atoms. The minimum atomic E-state index is -4.19. The van der Waals surface area contributed by atoms with Gasteiger partial charge in [0.05, 0.1) is 37.8 Å². The zero-order valence-electron chi connectivity index (χ0n) is 22.8. The van der Waals surface area contributed by atoms with E-state index in [1.54, 1.807) is 38.2 Å². The zero-order chi connectivity index (χ0) is 30.3. The van der Waals surface area contributed by atoms with Crippen LogP contribution in [-0.2, 0) is 30.9 Å². The van der Waals surface area contributed by atoms with Gasteiger partial charge in [-0.05, 0) is 30.2 Å². The number of carboxylic acid groups (broad SMARTS) is 1. The molecule has 12 nitrogen and oxygen atoms in total. The van der Waals surface area contributed by atoms with Crippen molar-refractivity contribution >= 4 is 57.0 Å². The molecular formula is C26H31Cl2N5O7S. The van der Waals surface area contributed by atoms with Gasteiger partial charge in [0.15, 0.2) is 0 Å². The summed E-state index contributed by atoms with van der Waals surface area (Å²) in [6.07, 6.45) is -1.07. The second kappa shape index (κ2) is 14.1. The molecular weight excluding hydrogens is 597 g/mol. The maximum atomic E-state index is 13.3. The van der Waals surface area contributed by atoms with E-state index in [0.29, 0.717) is 35.1 Å². The second-order valence-electron chi connectivity index (χ2n) is 9.18. The van der Waals surface area contributed by atoms with Crippen LogP contribution in [0.15, 0.2) is 46.3 Å². The molecule has 2 aromatic rings. The van der Waals surface area contributed by atoms with Crippen LogP contribution < -0.4 is 5.32 Å². The fourth-order valence-corrected chi connectivity index (χ4v) is 6.14. The molecule has 0 fully saturated rings. The lowest BCUT2D eigenvalue weighted by Gasteiger charge is -2.23. The summed E-state index contributed by atoms with van der Waals surface area (Å²) < 4.78 is 32.6. The third kappa shape index (κ3) is 7.95. The zero-order valence-corrected chi connectivity index (χ0v) is 25.1. The normalized spacial score (nSPS) is 13.3. The number of aliphatic imine (C=N–C) groups is 1. The molecule has 0 bridgehead atoms. The van der Waals surface area contributed by atoms with Gasteiger partial charge in [0.25, 0.3) is 0 Å². The Bertz CT molecular complexity index is 1430. The van der Waals surface area contributed by atoms with Gasteiger partial charge in [0, 0.05) is 37.8 Å². The van der Waals surface area contributed by atoms with Crippen LogP contribution in [0.5, 0.6) is 0 Å². The number of nitrogens with zero attached hydrogens (tertiary/aromatic N) is 4. The Balaban J connectivity index is 1.59. The quantitative estimate of drug-likeness (QED) is 0.367. The number of rotatable bonds is 12. The van der Waals surface area contributed by atoms with Gasteiger partial charge in [-0.15, -0.1) is 0 Å². The predicted molar refractivity (Wildman–Crippen MR) is 154 cm³/mol. The largest absolute Gasteiger partial charge is 0.465 e. The van der Waals surface area contributed by atoms with Crippen molar-refractivity contribution in [1.29, 1.82) is 0 Å². The average molecular weight is 629 g/mol. The first kappa shape index (κ1) is 32.3. The Morgan fingerprint density at radius 3 is 2.46 bits per heavy atom. The van der Waals surface area contributed by atoms with E-state index < -0.39 is 34.5 Å². The highest BCUT2D eigenvalue weighted by atomic mass is 35.5. The van der Waals surface area contributed by atoms with Crippen molar-refractivity contribution in [1.82, 2.24) is 19.4 Å². The van der Waals surface area contributed by atoms with Crippen LogP contribution >= 0.6 is 23.2 Å². The molecule has 0 radical (unpaired) electrons. The van der Waals surface area contributed by atoms with Crippen LogP contribution in [0, 0.1) is 6.92 Å². The van der Waals surface area contributed by atoms with Gasteiger partial charge in [0.1, 0.15) is 10.7 Å². The first-order valence-electron chi connectivity index (χ1n) is 12.4. The number of nitrogens with one attached hydrogen (secondary N) is 1. The van der Waals surface area contributed by atoms with Crippen LogP contribution in [0.3, 0.4) is 0 Å². The third-order valence-corrected chi connectivity index (χ3v) is 9.23. The summed E-state index contributed by atoms with van der Waals surface area (Å²) >= 11 is 12.3. The number of hydrogen-bond donors (Lipinski definition) is 2. The van der Waals surface area contributed by atoms with Gasteiger partial charge in [0.2, 0.25) is 21.8 Å². The maximum Gasteiger partial charge on any atom is 0.413 e. The SMILES string of the molecule is COCCN(CC(=O)NCC(=O)N(C)Cc1ccc(C2=NCCN2C(=O)O)cc1)S(=O)(=O)c1ccc(Cl)c(C)c1Cl. The van der Waals surface area contributed by atoms with E-state index in [4.69, 9.17) is 27.9 Å². The molecule has 222 valence electrons. The molecule has 15 heteroatoms. The smallest absolute Gasteiger partial charge is 0.413 e. The second-order valence-corrected chi connectivity index (χ2v) is 11.9. The van der Waals surface area contributed by atoms with Crippen LogP contribution in [0.25, 0.3) is 0 Å². The summed E-state index contributed by atoms with van der Waals surface area (Å²) in [5, 5.41) is 12.0. The highest BCUT2D eigenvalue weighted by Crippen LogP contribution is 2.32. The summed E-state index contributed by atoms with van der Waals surface area (Å²) in [6.45, 7) is 1.52. The van der Waals surface area contributed by atoms with Crippen molar-refractivity contribution in [2.75, 3.05) is 53.5 Å². The van der Waals surface area contributed by atoms with Crippen molar-refractivity contribution in [2.24, 2.45) is 4.99 Å². The third-order valence-electron chi connectivity index (χ3n) is 6.33. The van der Waals surface area contributed by atoms with E-state index in [2.05, 4.69) is 10.3 Å². The van der Waals surface area contributed by atoms with E-state index in [0.717, 1.165) is 9.87 Å². The minimum Gasteiger partial charge on any atom is -0.465 e. The molecule has 0 atom stereocenters. The number of methoxy groups -OCH3 is 1. The van der Waals surface area contributed by atoms with Gasteiger partial charge in [-0.2, -0.15) is 4.31 Å². The number of sulfonamides is 1. The highest BCUT2D eigenvalue weighted by molar-refractivity contribution is 7.89. The van der Waals surface area contributed by atoms with Gasteiger partial charge in [-0.25, -0.2) is 13.2 Å². The lowest BCUT2D eigenvalue weighted by atomic mass is 10.1. The average Bonchev–Trinajstić information content (AvgIpc) is 3.43. The molecule has 0 spiro atoms. The summed E-state index contributed by atoms with van der Waals surface area (Å²) in [5.41, 5.74) is 1.82. The van der Waals surface area contributed by atoms with Crippen molar-refractivity contribution < 1.29 is 32.6 Å². The van der Waals surface area contributed by atoms with Crippen molar-refractivity contribution in [3.8, 4) is 0 Å². The minimum absolute atomic E-state index is 0.0266. The van der Waals surface area contributed by atoms with Crippen LogP contribution in [-0.4, -0.2) is 105 Å². The molecule has 1 heterocycles. The topological polar surface area (TPSA) is 149 Å². The molecule has 0 aromatic heterocycles. The van der Waals surface area contributed by atoms with E-state index in [1.807, 2.05) is 0 Å². The number of carbonyl (C=O) groups is 3. The number of carbonyl (C=O) groups excluding carboxylic acids is 2. The van der Waals surface area contributed by atoms with Gasteiger partial charge >= 0.3 is 6.09 Å².